The maximum Gasteiger partial charge on any atom is 0.311 e. The van der Waals surface area contributed by atoms with Crippen molar-refractivity contribution < 1.29 is 24.2 Å². The Bertz CT molecular complexity index is 385. The highest BCUT2D eigenvalue weighted by Gasteiger charge is 2.35. The molecule has 0 saturated carbocycles. The van der Waals surface area contributed by atoms with Gasteiger partial charge in [-0.05, 0) is 5.92 Å². The SMILES string of the molecule is CC(C)[C@H](N)C(=O)NCC(=O)NC1COCC1C(=O)O. The molecule has 1 aliphatic heterocycles. The fourth-order valence-electron chi connectivity index (χ4n) is 1.79. The first kappa shape index (κ1) is 16.4. The Kier molecular flexibility index (Phi) is 5.90. The Morgan fingerprint density at radius 2 is 2.00 bits per heavy atom. The molecule has 1 aliphatic rings. The van der Waals surface area contributed by atoms with Gasteiger partial charge in [-0.1, -0.05) is 13.8 Å². The fourth-order valence-corrected chi connectivity index (χ4v) is 1.79. The van der Waals surface area contributed by atoms with Crippen molar-refractivity contribution in [3.05, 3.63) is 0 Å². The number of carbonyl (C=O) groups is 3. The third-order valence-corrected chi connectivity index (χ3v) is 3.19. The lowest BCUT2D eigenvalue weighted by Crippen LogP contribution is -2.50. The maximum absolute atomic E-state index is 11.6. The summed E-state index contributed by atoms with van der Waals surface area (Å²) in [5, 5.41) is 13.9. The molecule has 1 fully saturated rings. The molecule has 0 aliphatic carbocycles. The number of carboxylic acids is 1. The average molecular weight is 287 g/mol. The zero-order valence-corrected chi connectivity index (χ0v) is 11.6. The van der Waals surface area contributed by atoms with Crippen LogP contribution in [0.5, 0.6) is 0 Å². The second-order valence-electron chi connectivity index (χ2n) is 5.14. The summed E-state index contributed by atoms with van der Waals surface area (Å²) in [5.74, 6) is -2.67. The van der Waals surface area contributed by atoms with Crippen molar-refractivity contribution in [1.82, 2.24) is 10.6 Å². The summed E-state index contributed by atoms with van der Waals surface area (Å²) in [5.41, 5.74) is 5.63. The molecule has 8 heteroatoms. The van der Waals surface area contributed by atoms with Crippen molar-refractivity contribution in [3.63, 3.8) is 0 Å². The highest BCUT2D eigenvalue weighted by molar-refractivity contribution is 5.87. The van der Waals surface area contributed by atoms with Crippen LogP contribution in [0.25, 0.3) is 0 Å². The van der Waals surface area contributed by atoms with Gasteiger partial charge in [0, 0.05) is 0 Å². The van der Waals surface area contributed by atoms with Crippen LogP contribution in [0.2, 0.25) is 0 Å². The van der Waals surface area contributed by atoms with E-state index in [2.05, 4.69) is 10.6 Å². The zero-order valence-electron chi connectivity index (χ0n) is 11.6. The lowest BCUT2D eigenvalue weighted by Gasteiger charge is -2.17. The van der Waals surface area contributed by atoms with E-state index in [9.17, 15) is 14.4 Å². The summed E-state index contributed by atoms with van der Waals surface area (Å²) in [7, 11) is 0. The van der Waals surface area contributed by atoms with Gasteiger partial charge in [-0.3, -0.25) is 14.4 Å². The van der Waals surface area contributed by atoms with Crippen LogP contribution in [0.4, 0.5) is 0 Å². The van der Waals surface area contributed by atoms with Crippen molar-refractivity contribution >= 4 is 17.8 Å². The molecule has 0 aromatic rings. The molecule has 2 amide bonds. The minimum atomic E-state index is -1.02. The Morgan fingerprint density at radius 3 is 2.55 bits per heavy atom. The van der Waals surface area contributed by atoms with E-state index in [0.29, 0.717) is 0 Å². The monoisotopic (exact) mass is 287 g/mol. The van der Waals surface area contributed by atoms with Gasteiger partial charge in [0.2, 0.25) is 11.8 Å². The van der Waals surface area contributed by atoms with Crippen LogP contribution < -0.4 is 16.4 Å². The number of rotatable bonds is 6. The first-order valence-electron chi connectivity index (χ1n) is 6.46. The van der Waals surface area contributed by atoms with Crippen LogP contribution >= 0.6 is 0 Å². The van der Waals surface area contributed by atoms with E-state index in [0.717, 1.165) is 0 Å². The molecule has 5 N–H and O–H groups in total. The lowest BCUT2D eigenvalue weighted by atomic mass is 10.0. The number of amides is 2. The van der Waals surface area contributed by atoms with Gasteiger partial charge < -0.3 is 26.2 Å². The molecule has 8 nitrogen and oxygen atoms in total. The van der Waals surface area contributed by atoms with E-state index in [1.165, 1.54) is 0 Å². The van der Waals surface area contributed by atoms with Crippen LogP contribution in [0.3, 0.4) is 0 Å². The van der Waals surface area contributed by atoms with Gasteiger partial charge in [0.25, 0.3) is 0 Å². The van der Waals surface area contributed by atoms with Crippen LogP contribution in [-0.4, -0.2) is 54.7 Å². The second-order valence-corrected chi connectivity index (χ2v) is 5.14. The van der Waals surface area contributed by atoms with Crippen molar-refractivity contribution in [2.45, 2.75) is 25.9 Å². The quantitative estimate of drug-likeness (QED) is 0.460. The maximum atomic E-state index is 11.6. The Morgan fingerprint density at radius 1 is 1.35 bits per heavy atom. The summed E-state index contributed by atoms with van der Waals surface area (Å²) in [6, 6.07) is -1.25. The van der Waals surface area contributed by atoms with Crippen LogP contribution in [0.1, 0.15) is 13.8 Å². The van der Waals surface area contributed by atoms with Crippen LogP contribution in [0, 0.1) is 11.8 Å². The zero-order chi connectivity index (χ0) is 15.3. The number of nitrogens with two attached hydrogens (primary N) is 1. The average Bonchev–Trinajstić information content (AvgIpc) is 2.83. The predicted octanol–water partition coefficient (Wildman–Crippen LogP) is -1.70. The van der Waals surface area contributed by atoms with Gasteiger partial charge in [0.05, 0.1) is 31.8 Å². The summed E-state index contributed by atoms with van der Waals surface area (Å²) in [4.78, 5) is 34.1. The molecule has 114 valence electrons. The van der Waals surface area contributed by atoms with Gasteiger partial charge >= 0.3 is 5.97 Å². The largest absolute Gasteiger partial charge is 0.481 e. The minimum Gasteiger partial charge on any atom is -0.481 e. The van der Waals surface area contributed by atoms with Gasteiger partial charge in [0.15, 0.2) is 0 Å². The smallest absolute Gasteiger partial charge is 0.311 e. The van der Waals surface area contributed by atoms with E-state index in [4.69, 9.17) is 15.6 Å². The van der Waals surface area contributed by atoms with Crippen molar-refractivity contribution in [1.29, 1.82) is 0 Å². The summed E-state index contributed by atoms with van der Waals surface area (Å²) in [6.07, 6.45) is 0. The van der Waals surface area contributed by atoms with Crippen LogP contribution in [0.15, 0.2) is 0 Å². The normalized spacial score (nSPS) is 23.4. The fraction of sp³-hybridized carbons (Fsp3) is 0.750. The van der Waals surface area contributed by atoms with Crippen molar-refractivity contribution in [2.75, 3.05) is 19.8 Å². The molecule has 2 unspecified atom stereocenters. The standard InChI is InChI=1S/C12H21N3O5/c1-6(2)10(13)11(17)14-3-9(16)15-8-5-20-4-7(8)12(18)19/h6-8,10H,3-5,13H2,1-2H3,(H,14,17)(H,15,16)(H,18,19)/t7?,8?,10-/m0/s1. The predicted molar refractivity (Wildman–Crippen MR) is 69.7 cm³/mol. The van der Waals surface area contributed by atoms with E-state index < -0.39 is 35.8 Å². The molecule has 1 rings (SSSR count). The Balaban J connectivity index is 2.37. The first-order valence-corrected chi connectivity index (χ1v) is 6.46. The topological polar surface area (TPSA) is 131 Å². The molecule has 1 saturated heterocycles. The molecule has 0 radical (unpaired) electrons. The summed E-state index contributed by atoms with van der Waals surface area (Å²) >= 11 is 0. The van der Waals surface area contributed by atoms with Crippen molar-refractivity contribution in [2.24, 2.45) is 17.6 Å². The van der Waals surface area contributed by atoms with Gasteiger partial charge in [-0.2, -0.15) is 0 Å². The number of ether oxygens (including phenoxy) is 1. The first-order chi connectivity index (χ1) is 9.32. The Labute approximate surface area is 117 Å². The lowest BCUT2D eigenvalue weighted by molar-refractivity contribution is -0.142. The number of hydrogen-bond donors (Lipinski definition) is 4. The molecule has 1 heterocycles. The molecule has 3 atom stereocenters. The number of hydrogen-bond acceptors (Lipinski definition) is 5. The number of carboxylic acid groups (broad SMARTS) is 1. The van der Waals surface area contributed by atoms with Gasteiger partial charge in [0.1, 0.15) is 5.92 Å². The number of carbonyl (C=O) groups excluding carboxylic acids is 2. The van der Waals surface area contributed by atoms with E-state index in [-0.39, 0.29) is 25.7 Å². The number of nitrogens with one attached hydrogen (secondary N) is 2. The molecule has 0 spiro atoms. The highest BCUT2D eigenvalue weighted by Crippen LogP contribution is 2.13. The van der Waals surface area contributed by atoms with E-state index in [1.54, 1.807) is 13.8 Å². The minimum absolute atomic E-state index is 0.0299. The molecule has 0 bridgehead atoms. The van der Waals surface area contributed by atoms with E-state index in [1.807, 2.05) is 0 Å². The second kappa shape index (κ2) is 7.20. The third kappa shape index (κ3) is 4.46. The molecule has 0 aromatic heterocycles. The summed E-state index contributed by atoms with van der Waals surface area (Å²) < 4.78 is 5.02. The molecular weight excluding hydrogens is 266 g/mol. The highest BCUT2D eigenvalue weighted by atomic mass is 16.5. The number of aliphatic carboxylic acids is 1. The van der Waals surface area contributed by atoms with E-state index >= 15 is 0 Å². The molecule has 20 heavy (non-hydrogen) atoms. The third-order valence-electron chi connectivity index (χ3n) is 3.19. The molecular formula is C12H21N3O5. The Hall–Kier alpha value is -1.67. The van der Waals surface area contributed by atoms with Gasteiger partial charge in [-0.15, -0.1) is 0 Å². The van der Waals surface area contributed by atoms with Crippen molar-refractivity contribution in [3.8, 4) is 0 Å². The van der Waals surface area contributed by atoms with Crippen LogP contribution in [-0.2, 0) is 19.1 Å². The summed E-state index contributed by atoms with van der Waals surface area (Å²) in [6.45, 7) is 3.60. The molecule has 0 aromatic carbocycles. The van der Waals surface area contributed by atoms with Gasteiger partial charge in [-0.25, -0.2) is 0 Å².